The molecule has 0 spiro atoms. The number of carbonyl (C=O) groups is 1. The lowest BCUT2D eigenvalue weighted by Crippen LogP contribution is -2.36. The van der Waals surface area contributed by atoms with Gasteiger partial charge in [-0.3, -0.25) is 14.7 Å². The highest BCUT2D eigenvalue weighted by molar-refractivity contribution is 7.21. The van der Waals surface area contributed by atoms with Gasteiger partial charge in [0.1, 0.15) is 0 Å². The Kier molecular flexibility index (Phi) is 7.33. The number of nitrogens with zero attached hydrogens (tertiary/aromatic N) is 3. The summed E-state index contributed by atoms with van der Waals surface area (Å²) in [6.07, 6.45) is 9.46. The Labute approximate surface area is 188 Å². The Hall–Kier alpha value is -2.28. The van der Waals surface area contributed by atoms with Gasteiger partial charge in [0.05, 0.1) is 11.5 Å². The van der Waals surface area contributed by atoms with Gasteiger partial charge in [0.25, 0.3) is 5.91 Å². The fraction of sp³-hybridized carbons (Fsp3) is 0.440. The molecule has 1 atom stereocenters. The molecule has 0 bridgehead atoms. The number of amides is 1. The number of hydrogen-bond donors (Lipinski definition) is 1. The summed E-state index contributed by atoms with van der Waals surface area (Å²) >= 11 is 1.59. The van der Waals surface area contributed by atoms with Gasteiger partial charge in [-0.05, 0) is 60.5 Å². The molecule has 3 heterocycles. The van der Waals surface area contributed by atoms with E-state index < -0.39 is 0 Å². The molecule has 1 saturated heterocycles. The summed E-state index contributed by atoms with van der Waals surface area (Å²) < 4.78 is 1.16. The van der Waals surface area contributed by atoms with Gasteiger partial charge < -0.3 is 10.0 Å². The lowest BCUT2D eigenvalue weighted by atomic mass is 9.97. The molecule has 1 fully saturated rings. The summed E-state index contributed by atoms with van der Waals surface area (Å²) in [6.45, 7) is 2.33. The molecule has 1 unspecified atom stereocenters. The maximum Gasteiger partial charge on any atom is 0.264 e. The molecule has 6 heteroatoms. The average Bonchev–Trinajstić information content (AvgIpc) is 3.01. The molecule has 1 aromatic carbocycles. The van der Waals surface area contributed by atoms with Crippen molar-refractivity contribution in [3.63, 3.8) is 0 Å². The highest BCUT2D eigenvalue weighted by Crippen LogP contribution is 2.35. The normalized spacial score (nSPS) is 17.5. The number of aliphatic hydroxyl groups is 1. The van der Waals surface area contributed by atoms with Crippen LogP contribution in [-0.4, -0.2) is 58.6 Å². The van der Waals surface area contributed by atoms with Crippen LogP contribution in [0, 0.1) is 0 Å². The van der Waals surface area contributed by atoms with Gasteiger partial charge in [0, 0.05) is 43.3 Å². The first-order valence-corrected chi connectivity index (χ1v) is 12.0. The Balaban J connectivity index is 1.66. The van der Waals surface area contributed by atoms with Crippen molar-refractivity contribution in [3.05, 3.63) is 64.8 Å². The number of carbonyl (C=O) groups excluding carboxylic acids is 1. The van der Waals surface area contributed by atoms with Crippen LogP contribution in [0.2, 0.25) is 0 Å². The standard InChI is InChI=1S/C25H31N3O2S/c1-27(15-16-29)25(30)24-22(21-8-4-5-9-23(21)31-24)17-20-7-3-2-6-14-28(20)18-19-10-12-26-13-11-19/h4-5,8-13,20,29H,2-3,6-7,14-18H2,1H3. The SMILES string of the molecule is CN(CCO)C(=O)c1sc2ccccc2c1CC1CCCCCN1Cc1ccncc1. The van der Waals surface area contributed by atoms with Crippen molar-refractivity contribution in [1.29, 1.82) is 0 Å². The van der Waals surface area contributed by atoms with Crippen LogP contribution in [0.25, 0.3) is 10.1 Å². The minimum Gasteiger partial charge on any atom is -0.395 e. The van der Waals surface area contributed by atoms with Gasteiger partial charge in [0.15, 0.2) is 0 Å². The van der Waals surface area contributed by atoms with Gasteiger partial charge in [-0.2, -0.15) is 0 Å². The van der Waals surface area contributed by atoms with Crippen LogP contribution >= 0.6 is 11.3 Å². The molecular formula is C25H31N3O2S. The quantitative estimate of drug-likeness (QED) is 0.597. The second kappa shape index (κ2) is 10.4. The van der Waals surface area contributed by atoms with Crippen LogP contribution in [0.15, 0.2) is 48.8 Å². The minimum atomic E-state index is -0.0230. The second-order valence-corrected chi connectivity index (χ2v) is 9.44. The molecule has 3 aromatic rings. The van der Waals surface area contributed by atoms with Crippen molar-refractivity contribution in [3.8, 4) is 0 Å². The third kappa shape index (κ3) is 5.14. The molecule has 164 valence electrons. The topological polar surface area (TPSA) is 56.7 Å². The number of likely N-dealkylation sites (tertiary alicyclic amines) is 1. The first-order chi connectivity index (χ1) is 15.2. The van der Waals surface area contributed by atoms with Crippen molar-refractivity contribution in [1.82, 2.24) is 14.8 Å². The van der Waals surface area contributed by atoms with Crippen molar-refractivity contribution in [2.24, 2.45) is 0 Å². The first-order valence-electron chi connectivity index (χ1n) is 11.2. The Bertz CT molecular complexity index is 1000. The number of aliphatic hydroxyl groups excluding tert-OH is 1. The van der Waals surface area contributed by atoms with E-state index in [4.69, 9.17) is 0 Å². The summed E-state index contributed by atoms with van der Waals surface area (Å²) in [5, 5.41) is 10.5. The van der Waals surface area contributed by atoms with Gasteiger partial charge in [-0.1, -0.05) is 31.0 Å². The molecule has 1 N–H and O–H groups in total. The number of aromatic nitrogens is 1. The molecule has 0 aliphatic carbocycles. The van der Waals surface area contributed by atoms with E-state index in [0.717, 1.165) is 35.5 Å². The van der Waals surface area contributed by atoms with E-state index in [1.165, 1.54) is 35.8 Å². The zero-order valence-corrected chi connectivity index (χ0v) is 19.0. The van der Waals surface area contributed by atoms with Crippen LogP contribution in [0.3, 0.4) is 0 Å². The minimum absolute atomic E-state index is 0.0135. The average molecular weight is 438 g/mol. The molecule has 1 aliphatic rings. The van der Waals surface area contributed by atoms with E-state index in [9.17, 15) is 9.90 Å². The monoisotopic (exact) mass is 437 g/mol. The molecule has 1 amide bonds. The van der Waals surface area contributed by atoms with Gasteiger partial charge in [-0.25, -0.2) is 0 Å². The molecule has 4 rings (SSSR count). The number of rotatable bonds is 7. The zero-order valence-electron chi connectivity index (χ0n) is 18.2. The van der Waals surface area contributed by atoms with Gasteiger partial charge in [0.2, 0.25) is 0 Å². The Morgan fingerprint density at radius 2 is 2.00 bits per heavy atom. The van der Waals surface area contributed by atoms with Crippen LogP contribution in [0.1, 0.15) is 46.5 Å². The van der Waals surface area contributed by atoms with Crippen molar-refractivity contribution in [2.75, 3.05) is 26.7 Å². The third-order valence-electron chi connectivity index (χ3n) is 6.25. The number of hydrogen-bond acceptors (Lipinski definition) is 5. The number of likely N-dealkylation sites (N-methyl/N-ethyl adjacent to an activating group) is 1. The summed E-state index contributed by atoms with van der Waals surface area (Å²) in [4.78, 5) is 22.4. The fourth-order valence-electron chi connectivity index (χ4n) is 4.53. The molecule has 2 aromatic heterocycles. The lowest BCUT2D eigenvalue weighted by Gasteiger charge is -2.30. The smallest absolute Gasteiger partial charge is 0.264 e. The molecule has 1 aliphatic heterocycles. The van der Waals surface area contributed by atoms with E-state index in [-0.39, 0.29) is 12.5 Å². The number of benzene rings is 1. The van der Waals surface area contributed by atoms with Gasteiger partial charge >= 0.3 is 0 Å². The van der Waals surface area contributed by atoms with Crippen molar-refractivity contribution < 1.29 is 9.90 Å². The van der Waals surface area contributed by atoms with E-state index in [2.05, 4.69) is 40.2 Å². The first kappa shape index (κ1) is 21.9. The third-order valence-corrected chi connectivity index (χ3v) is 7.45. The van der Waals surface area contributed by atoms with Crippen LogP contribution < -0.4 is 0 Å². The predicted molar refractivity (Wildman–Crippen MR) is 126 cm³/mol. The van der Waals surface area contributed by atoms with Crippen LogP contribution in [0.4, 0.5) is 0 Å². The van der Waals surface area contributed by atoms with Crippen molar-refractivity contribution in [2.45, 2.75) is 44.7 Å². The second-order valence-electron chi connectivity index (χ2n) is 8.39. The molecule has 5 nitrogen and oxygen atoms in total. The molecular weight excluding hydrogens is 406 g/mol. The number of fused-ring (bicyclic) bond motifs is 1. The van der Waals surface area contributed by atoms with E-state index in [1.54, 1.807) is 23.3 Å². The maximum atomic E-state index is 13.2. The number of pyridine rings is 1. The van der Waals surface area contributed by atoms with Crippen molar-refractivity contribution >= 4 is 27.3 Å². The van der Waals surface area contributed by atoms with E-state index in [0.29, 0.717) is 12.6 Å². The molecule has 0 saturated carbocycles. The summed E-state index contributed by atoms with van der Waals surface area (Å²) in [5.74, 6) is 0.0135. The highest BCUT2D eigenvalue weighted by Gasteiger charge is 2.27. The highest BCUT2D eigenvalue weighted by atomic mass is 32.1. The Morgan fingerprint density at radius 1 is 1.19 bits per heavy atom. The summed E-state index contributed by atoms with van der Waals surface area (Å²) in [6, 6.07) is 13.0. The van der Waals surface area contributed by atoms with E-state index >= 15 is 0 Å². The van der Waals surface area contributed by atoms with Crippen LogP contribution in [0.5, 0.6) is 0 Å². The molecule has 31 heavy (non-hydrogen) atoms. The number of thiophene rings is 1. The van der Waals surface area contributed by atoms with Gasteiger partial charge in [-0.15, -0.1) is 11.3 Å². The molecule has 0 radical (unpaired) electrons. The summed E-state index contributed by atoms with van der Waals surface area (Å²) in [7, 11) is 1.77. The maximum absolute atomic E-state index is 13.2. The lowest BCUT2D eigenvalue weighted by molar-refractivity contribution is 0.0770. The van der Waals surface area contributed by atoms with Crippen LogP contribution in [-0.2, 0) is 13.0 Å². The fourth-order valence-corrected chi connectivity index (χ4v) is 5.76. The Morgan fingerprint density at radius 3 is 2.81 bits per heavy atom. The predicted octanol–water partition coefficient (Wildman–Crippen LogP) is 4.35. The summed E-state index contributed by atoms with van der Waals surface area (Å²) in [5.41, 5.74) is 2.46. The van der Waals surface area contributed by atoms with E-state index in [1.807, 2.05) is 18.5 Å². The largest absolute Gasteiger partial charge is 0.395 e. The zero-order chi connectivity index (χ0) is 21.6.